The van der Waals surface area contributed by atoms with E-state index in [4.69, 9.17) is 0 Å². The maximum absolute atomic E-state index is 4.64. The lowest BCUT2D eigenvalue weighted by atomic mass is 10.0. The molecule has 116 valence electrons. The molecule has 1 aliphatic rings. The number of hydrogen-bond acceptors (Lipinski definition) is 5. The largest absolute Gasteiger partial charge is 0.339 e. The second-order valence-electron chi connectivity index (χ2n) is 5.52. The molecule has 1 aromatic carbocycles. The van der Waals surface area contributed by atoms with Crippen molar-refractivity contribution in [1.29, 1.82) is 0 Å². The lowest BCUT2D eigenvalue weighted by Crippen LogP contribution is -2.40. The second-order valence-corrected chi connectivity index (χ2v) is 6.44. The molecule has 5 nitrogen and oxygen atoms in total. The van der Waals surface area contributed by atoms with E-state index in [2.05, 4.69) is 48.3 Å². The molecule has 1 aliphatic heterocycles. The van der Waals surface area contributed by atoms with Gasteiger partial charge >= 0.3 is 0 Å². The first-order valence-electron chi connectivity index (χ1n) is 7.75. The number of anilines is 3. The fourth-order valence-electron chi connectivity index (χ4n) is 2.85. The van der Waals surface area contributed by atoms with Gasteiger partial charge in [-0.2, -0.15) is 10.1 Å². The normalized spacial score (nSPS) is 18.3. The Kier molecular flexibility index (Phi) is 4.87. The molecule has 6 heteroatoms. The molecule has 0 saturated carbocycles. The number of nitrogens with one attached hydrogen (secondary N) is 1. The van der Waals surface area contributed by atoms with E-state index in [-0.39, 0.29) is 0 Å². The Morgan fingerprint density at radius 1 is 1.27 bits per heavy atom. The molecule has 2 heterocycles. The number of hydrogen-bond donors (Lipinski definition) is 1. The van der Waals surface area contributed by atoms with Gasteiger partial charge in [-0.3, -0.25) is 0 Å². The van der Waals surface area contributed by atoms with Crippen LogP contribution in [0.4, 0.5) is 17.5 Å². The SMILES string of the molecule is CCC1CCCCN1c1nncc(Nc2ccc(Br)cc2)n1. The van der Waals surface area contributed by atoms with Crippen LogP contribution in [0.15, 0.2) is 34.9 Å². The summed E-state index contributed by atoms with van der Waals surface area (Å²) in [4.78, 5) is 6.94. The van der Waals surface area contributed by atoms with Crippen molar-refractivity contribution in [1.82, 2.24) is 15.2 Å². The van der Waals surface area contributed by atoms with Crippen molar-refractivity contribution in [3.05, 3.63) is 34.9 Å². The van der Waals surface area contributed by atoms with Gasteiger partial charge in [0.15, 0.2) is 5.82 Å². The smallest absolute Gasteiger partial charge is 0.247 e. The van der Waals surface area contributed by atoms with Crippen molar-refractivity contribution in [2.75, 3.05) is 16.8 Å². The number of rotatable bonds is 4. The quantitative estimate of drug-likeness (QED) is 0.886. The van der Waals surface area contributed by atoms with Gasteiger partial charge < -0.3 is 10.2 Å². The Balaban J connectivity index is 1.78. The predicted molar refractivity (Wildman–Crippen MR) is 92.5 cm³/mol. The van der Waals surface area contributed by atoms with Crippen molar-refractivity contribution >= 4 is 33.4 Å². The summed E-state index contributed by atoms with van der Waals surface area (Å²) in [5, 5.41) is 11.6. The second kappa shape index (κ2) is 7.05. The lowest BCUT2D eigenvalue weighted by Gasteiger charge is -2.34. The summed E-state index contributed by atoms with van der Waals surface area (Å²) >= 11 is 3.44. The summed E-state index contributed by atoms with van der Waals surface area (Å²) < 4.78 is 1.05. The van der Waals surface area contributed by atoms with Crippen LogP contribution >= 0.6 is 15.9 Å². The van der Waals surface area contributed by atoms with Gasteiger partial charge in [-0.1, -0.05) is 22.9 Å². The maximum Gasteiger partial charge on any atom is 0.247 e. The van der Waals surface area contributed by atoms with E-state index in [0.717, 1.165) is 34.9 Å². The number of halogens is 1. The van der Waals surface area contributed by atoms with Crippen LogP contribution in [0.3, 0.4) is 0 Å². The van der Waals surface area contributed by atoms with Crippen molar-refractivity contribution in [2.45, 2.75) is 38.6 Å². The Morgan fingerprint density at radius 2 is 2.09 bits per heavy atom. The van der Waals surface area contributed by atoms with E-state index in [1.807, 2.05) is 24.3 Å². The zero-order valence-electron chi connectivity index (χ0n) is 12.7. The first kappa shape index (κ1) is 15.2. The van der Waals surface area contributed by atoms with Gasteiger partial charge in [0.1, 0.15) is 0 Å². The first-order valence-corrected chi connectivity index (χ1v) is 8.54. The summed E-state index contributed by atoms with van der Waals surface area (Å²) in [5.74, 6) is 1.46. The van der Waals surface area contributed by atoms with Gasteiger partial charge in [0.25, 0.3) is 0 Å². The molecule has 2 aromatic rings. The highest BCUT2D eigenvalue weighted by molar-refractivity contribution is 9.10. The zero-order valence-corrected chi connectivity index (χ0v) is 14.3. The average Bonchev–Trinajstić information content (AvgIpc) is 2.57. The van der Waals surface area contributed by atoms with Crippen LogP contribution in [0.5, 0.6) is 0 Å². The molecule has 1 saturated heterocycles. The average molecular weight is 362 g/mol. The molecule has 1 atom stereocenters. The van der Waals surface area contributed by atoms with Crippen LogP contribution in [-0.4, -0.2) is 27.8 Å². The molecule has 0 amide bonds. The van der Waals surface area contributed by atoms with E-state index in [9.17, 15) is 0 Å². The molecule has 1 fully saturated rings. The van der Waals surface area contributed by atoms with Gasteiger partial charge in [-0.05, 0) is 49.9 Å². The van der Waals surface area contributed by atoms with Crippen LogP contribution in [0.1, 0.15) is 32.6 Å². The summed E-state index contributed by atoms with van der Waals surface area (Å²) in [6, 6.07) is 8.52. The minimum absolute atomic E-state index is 0.526. The van der Waals surface area contributed by atoms with E-state index >= 15 is 0 Å². The van der Waals surface area contributed by atoms with Gasteiger partial charge in [0.05, 0.1) is 6.20 Å². The molecule has 3 rings (SSSR count). The molecule has 0 bridgehead atoms. The summed E-state index contributed by atoms with van der Waals surface area (Å²) in [6.45, 7) is 3.24. The Hall–Kier alpha value is -1.69. The highest BCUT2D eigenvalue weighted by Gasteiger charge is 2.23. The molecule has 0 aliphatic carbocycles. The molecule has 0 radical (unpaired) electrons. The standard InChI is InChI=1S/C16H20BrN5/c1-2-14-5-3-4-10-22(14)16-20-15(11-18-21-16)19-13-8-6-12(17)7-9-13/h6-9,11,14H,2-5,10H2,1H3,(H,19,20,21). The predicted octanol–water partition coefficient (Wildman–Crippen LogP) is 4.15. The topological polar surface area (TPSA) is 53.9 Å². The number of benzene rings is 1. The van der Waals surface area contributed by atoms with Gasteiger partial charge in [-0.15, -0.1) is 5.10 Å². The molecule has 1 aromatic heterocycles. The first-order chi connectivity index (χ1) is 10.8. The minimum atomic E-state index is 0.526. The Morgan fingerprint density at radius 3 is 2.86 bits per heavy atom. The van der Waals surface area contributed by atoms with Crippen LogP contribution in [0.2, 0.25) is 0 Å². The molecule has 0 spiro atoms. The molecule has 1 N–H and O–H groups in total. The van der Waals surface area contributed by atoms with Crippen molar-refractivity contribution < 1.29 is 0 Å². The lowest BCUT2D eigenvalue weighted by molar-refractivity contribution is 0.442. The van der Waals surface area contributed by atoms with Crippen molar-refractivity contribution in [3.63, 3.8) is 0 Å². The maximum atomic E-state index is 4.64. The summed E-state index contributed by atoms with van der Waals surface area (Å²) in [7, 11) is 0. The van der Waals surface area contributed by atoms with E-state index < -0.39 is 0 Å². The third-order valence-electron chi connectivity index (χ3n) is 4.02. The van der Waals surface area contributed by atoms with E-state index in [0.29, 0.717) is 6.04 Å². The summed E-state index contributed by atoms with van der Waals surface area (Å²) in [5.41, 5.74) is 0.986. The third kappa shape index (κ3) is 3.55. The molecule has 1 unspecified atom stereocenters. The summed E-state index contributed by atoms with van der Waals surface area (Å²) in [6.07, 6.45) is 6.48. The van der Waals surface area contributed by atoms with Crippen LogP contribution in [0, 0.1) is 0 Å². The number of nitrogens with zero attached hydrogens (tertiary/aromatic N) is 4. The highest BCUT2D eigenvalue weighted by atomic mass is 79.9. The zero-order chi connectivity index (χ0) is 15.4. The van der Waals surface area contributed by atoms with Crippen LogP contribution in [-0.2, 0) is 0 Å². The minimum Gasteiger partial charge on any atom is -0.339 e. The third-order valence-corrected chi connectivity index (χ3v) is 4.55. The Labute approximate surface area is 139 Å². The number of aromatic nitrogens is 3. The van der Waals surface area contributed by atoms with Gasteiger partial charge in [-0.25, -0.2) is 0 Å². The Bertz CT molecular complexity index is 616. The van der Waals surface area contributed by atoms with Gasteiger partial charge in [0.2, 0.25) is 5.95 Å². The van der Waals surface area contributed by atoms with Gasteiger partial charge in [0, 0.05) is 22.7 Å². The fraction of sp³-hybridized carbons (Fsp3) is 0.438. The van der Waals surface area contributed by atoms with Crippen molar-refractivity contribution in [2.24, 2.45) is 0 Å². The van der Waals surface area contributed by atoms with E-state index in [1.54, 1.807) is 6.20 Å². The van der Waals surface area contributed by atoms with Crippen LogP contribution in [0.25, 0.3) is 0 Å². The highest BCUT2D eigenvalue weighted by Crippen LogP contribution is 2.24. The monoisotopic (exact) mass is 361 g/mol. The molecular weight excluding hydrogens is 342 g/mol. The van der Waals surface area contributed by atoms with Crippen molar-refractivity contribution in [3.8, 4) is 0 Å². The molecule has 22 heavy (non-hydrogen) atoms. The fourth-order valence-corrected chi connectivity index (χ4v) is 3.11. The molecular formula is C16H20BrN5. The van der Waals surface area contributed by atoms with E-state index in [1.165, 1.54) is 19.3 Å². The van der Waals surface area contributed by atoms with Crippen LogP contribution < -0.4 is 10.2 Å². The number of piperidine rings is 1.